The van der Waals surface area contributed by atoms with Gasteiger partial charge in [0.2, 0.25) is 5.91 Å². The number of nitrogens with one attached hydrogen (secondary N) is 1. The van der Waals surface area contributed by atoms with Crippen molar-refractivity contribution in [3.8, 4) is 0 Å². The van der Waals surface area contributed by atoms with E-state index in [1.165, 1.54) is 12.1 Å². The molecule has 1 N–H and O–H groups in total. The number of carbonyl (C=O) groups excluding carboxylic acids is 1. The van der Waals surface area contributed by atoms with Crippen LogP contribution in [0, 0.1) is 17.0 Å². The Balaban J connectivity index is 1.72. The minimum Gasteiger partial charge on any atom is -0.355 e. The molecule has 2 aromatic carbocycles. The molecule has 2 nitrogen and oxygen atoms in total. The van der Waals surface area contributed by atoms with Gasteiger partial charge in [-0.1, -0.05) is 50.2 Å². The number of carbonyl (C=O) groups is 1. The van der Waals surface area contributed by atoms with Gasteiger partial charge in [0.1, 0.15) is 11.6 Å². The lowest BCUT2D eigenvalue weighted by Gasteiger charge is -2.22. The molecule has 0 aromatic heterocycles. The van der Waals surface area contributed by atoms with Crippen LogP contribution in [0.4, 0.5) is 8.78 Å². The summed E-state index contributed by atoms with van der Waals surface area (Å²) in [4.78, 5) is 12.2. The zero-order chi connectivity index (χ0) is 17.4. The van der Waals surface area contributed by atoms with Crippen LogP contribution in [-0.2, 0) is 16.6 Å². The van der Waals surface area contributed by atoms with Gasteiger partial charge in [-0.3, -0.25) is 4.79 Å². The molecule has 0 radical (unpaired) electrons. The Hall–Kier alpha value is -2.23. The van der Waals surface area contributed by atoms with E-state index in [1.807, 2.05) is 44.2 Å². The van der Waals surface area contributed by atoms with Crippen LogP contribution in [0.5, 0.6) is 0 Å². The van der Waals surface area contributed by atoms with Crippen LogP contribution in [0.2, 0.25) is 0 Å². The summed E-state index contributed by atoms with van der Waals surface area (Å²) in [5.74, 6) is -1.22. The maximum atomic E-state index is 14.2. The fraction of sp³-hybridized carbons (Fsp3) is 0.350. The second-order valence-corrected chi connectivity index (χ2v) is 7.21. The average molecular weight is 329 g/mol. The minimum atomic E-state index is -0.585. The molecule has 24 heavy (non-hydrogen) atoms. The van der Waals surface area contributed by atoms with E-state index in [-0.39, 0.29) is 11.3 Å². The fourth-order valence-corrected chi connectivity index (χ4v) is 3.54. The molecule has 3 rings (SSSR count). The van der Waals surface area contributed by atoms with E-state index in [1.54, 1.807) is 0 Å². The van der Waals surface area contributed by atoms with Crippen molar-refractivity contribution in [1.29, 1.82) is 0 Å². The first-order chi connectivity index (χ1) is 11.3. The lowest BCUT2D eigenvalue weighted by molar-refractivity contribution is -0.120. The van der Waals surface area contributed by atoms with E-state index in [4.69, 9.17) is 0 Å². The van der Waals surface area contributed by atoms with Crippen molar-refractivity contribution >= 4 is 5.91 Å². The van der Waals surface area contributed by atoms with Gasteiger partial charge < -0.3 is 5.32 Å². The Kier molecular flexibility index (Phi) is 4.16. The van der Waals surface area contributed by atoms with E-state index >= 15 is 0 Å². The standard InChI is InChI=1S/C20H21F2NO/c1-19(2)12-20(19,16-9-8-15(21)11-17(16)22)13-23-18(24)10-14-6-4-3-5-7-14/h3-9,11H,10,12-13H2,1-2H3,(H,23,24). The number of hydrogen-bond acceptors (Lipinski definition) is 1. The van der Waals surface area contributed by atoms with Crippen molar-refractivity contribution in [2.24, 2.45) is 5.41 Å². The highest BCUT2D eigenvalue weighted by molar-refractivity contribution is 5.78. The predicted molar refractivity (Wildman–Crippen MR) is 89.6 cm³/mol. The Bertz CT molecular complexity index is 757. The van der Waals surface area contributed by atoms with Crippen LogP contribution in [0.3, 0.4) is 0 Å². The molecule has 0 spiro atoms. The van der Waals surface area contributed by atoms with Crippen molar-refractivity contribution < 1.29 is 13.6 Å². The maximum absolute atomic E-state index is 14.2. The van der Waals surface area contributed by atoms with Crippen molar-refractivity contribution in [2.45, 2.75) is 32.1 Å². The van der Waals surface area contributed by atoms with E-state index in [9.17, 15) is 13.6 Å². The van der Waals surface area contributed by atoms with Crippen LogP contribution in [0.25, 0.3) is 0 Å². The molecule has 1 aliphatic rings. The van der Waals surface area contributed by atoms with Crippen molar-refractivity contribution in [2.75, 3.05) is 6.54 Å². The van der Waals surface area contributed by atoms with Gasteiger partial charge in [-0.05, 0) is 29.0 Å². The summed E-state index contributed by atoms with van der Waals surface area (Å²) in [7, 11) is 0. The first-order valence-electron chi connectivity index (χ1n) is 8.10. The van der Waals surface area contributed by atoms with Gasteiger partial charge in [0.15, 0.2) is 0 Å². The predicted octanol–water partition coefficient (Wildman–Crippen LogP) is 3.99. The highest BCUT2D eigenvalue weighted by Crippen LogP contribution is 2.64. The second kappa shape index (κ2) is 6.00. The summed E-state index contributed by atoms with van der Waals surface area (Å²) in [5, 5.41) is 2.93. The molecule has 4 heteroatoms. The lowest BCUT2D eigenvalue weighted by atomic mass is 9.87. The van der Waals surface area contributed by atoms with Crippen LogP contribution < -0.4 is 5.32 Å². The number of amides is 1. The Labute approximate surface area is 140 Å². The van der Waals surface area contributed by atoms with Crippen LogP contribution in [-0.4, -0.2) is 12.5 Å². The molecule has 126 valence electrons. The third kappa shape index (κ3) is 3.05. The van der Waals surface area contributed by atoms with Gasteiger partial charge >= 0.3 is 0 Å². The summed E-state index contributed by atoms with van der Waals surface area (Å²) >= 11 is 0. The average Bonchev–Trinajstić information content (AvgIpc) is 3.08. The smallest absolute Gasteiger partial charge is 0.224 e. The minimum absolute atomic E-state index is 0.0919. The summed E-state index contributed by atoms with van der Waals surface area (Å²) in [6.07, 6.45) is 1.05. The largest absolute Gasteiger partial charge is 0.355 e. The molecule has 1 aliphatic carbocycles. The van der Waals surface area contributed by atoms with E-state index < -0.39 is 17.0 Å². The van der Waals surface area contributed by atoms with Crippen molar-refractivity contribution in [1.82, 2.24) is 5.32 Å². The Morgan fingerprint density at radius 1 is 1.12 bits per heavy atom. The molecule has 1 unspecified atom stereocenters. The van der Waals surface area contributed by atoms with Gasteiger partial charge in [0.05, 0.1) is 6.42 Å². The molecular weight excluding hydrogens is 308 g/mol. The van der Waals surface area contributed by atoms with Gasteiger partial charge in [0.25, 0.3) is 0 Å². The number of hydrogen-bond donors (Lipinski definition) is 1. The van der Waals surface area contributed by atoms with Crippen molar-refractivity contribution in [3.05, 3.63) is 71.3 Å². The fourth-order valence-electron chi connectivity index (χ4n) is 3.54. The monoisotopic (exact) mass is 329 g/mol. The van der Waals surface area contributed by atoms with Crippen LogP contribution in [0.1, 0.15) is 31.4 Å². The Morgan fingerprint density at radius 3 is 2.38 bits per heavy atom. The number of halogens is 2. The molecule has 0 heterocycles. The first kappa shape index (κ1) is 16.6. The zero-order valence-corrected chi connectivity index (χ0v) is 13.9. The first-order valence-corrected chi connectivity index (χ1v) is 8.10. The third-order valence-electron chi connectivity index (χ3n) is 5.16. The summed E-state index contributed by atoms with van der Waals surface area (Å²) in [6.45, 7) is 4.44. The number of benzene rings is 2. The highest BCUT2D eigenvalue weighted by atomic mass is 19.1. The zero-order valence-electron chi connectivity index (χ0n) is 13.9. The quantitative estimate of drug-likeness (QED) is 0.883. The van der Waals surface area contributed by atoms with Gasteiger partial charge in [-0.15, -0.1) is 0 Å². The third-order valence-corrected chi connectivity index (χ3v) is 5.16. The van der Waals surface area contributed by atoms with Crippen LogP contribution >= 0.6 is 0 Å². The van der Waals surface area contributed by atoms with E-state index in [0.717, 1.165) is 18.1 Å². The summed E-state index contributed by atoms with van der Waals surface area (Å²) < 4.78 is 27.4. The molecule has 0 bridgehead atoms. The SMILES string of the molecule is CC1(C)CC1(CNC(=O)Cc1ccccc1)c1ccc(F)cc1F. The molecule has 2 aromatic rings. The van der Waals surface area contributed by atoms with Gasteiger partial charge in [-0.25, -0.2) is 8.78 Å². The van der Waals surface area contributed by atoms with Crippen LogP contribution in [0.15, 0.2) is 48.5 Å². The molecule has 1 fully saturated rings. The molecule has 0 aliphatic heterocycles. The molecule has 1 amide bonds. The van der Waals surface area contributed by atoms with Gasteiger partial charge in [0, 0.05) is 18.0 Å². The second-order valence-electron chi connectivity index (χ2n) is 7.21. The topological polar surface area (TPSA) is 29.1 Å². The van der Waals surface area contributed by atoms with Crippen molar-refractivity contribution in [3.63, 3.8) is 0 Å². The molecule has 0 saturated heterocycles. The summed E-state index contributed by atoms with van der Waals surface area (Å²) in [5.41, 5.74) is 0.809. The Morgan fingerprint density at radius 2 is 1.79 bits per heavy atom. The van der Waals surface area contributed by atoms with Gasteiger partial charge in [-0.2, -0.15) is 0 Å². The number of rotatable bonds is 5. The van der Waals surface area contributed by atoms with E-state index in [2.05, 4.69) is 5.32 Å². The lowest BCUT2D eigenvalue weighted by Crippen LogP contribution is -2.36. The summed E-state index contributed by atoms with van der Waals surface area (Å²) in [6, 6.07) is 13.2. The highest BCUT2D eigenvalue weighted by Gasteiger charge is 2.62. The molecule has 1 saturated carbocycles. The molecule has 1 atom stereocenters. The molecular formula is C20H21F2NO. The normalized spacial score (nSPS) is 21.3. The maximum Gasteiger partial charge on any atom is 0.224 e. The van der Waals surface area contributed by atoms with E-state index in [0.29, 0.717) is 18.5 Å².